The third kappa shape index (κ3) is 3.71. The molecule has 0 aromatic carbocycles. The molecule has 1 aromatic heterocycles. The van der Waals surface area contributed by atoms with Crippen molar-refractivity contribution < 1.29 is 0 Å². The minimum atomic E-state index is -0.0732. The minimum absolute atomic E-state index is 0.0732. The number of rotatable bonds is 7. The van der Waals surface area contributed by atoms with Gasteiger partial charge in [-0.05, 0) is 13.3 Å². The molecule has 0 saturated heterocycles. The first-order valence-electron chi connectivity index (χ1n) is 6.11. The van der Waals surface area contributed by atoms with Gasteiger partial charge in [0.05, 0.1) is 5.56 Å². The van der Waals surface area contributed by atoms with Gasteiger partial charge in [-0.25, -0.2) is 0 Å². The molecule has 4 heteroatoms. The summed E-state index contributed by atoms with van der Waals surface area (Å²) in [7, 11) is 0. The van der Waals surface area contributed by atoms with Crippen LogP contribution in [0, 0.1) is 6.92 Å². The van der Waals surface area contributed by atoms with Crippen molar-refractivity contribution in [1.82, 2.24) is 9.78 Å². The predicted molar refractivity (Wildman–Crippen MR) is 68.2 cm³/mol. The quantitative estimate of drug-likeness (QED) is 0.733. The Morgan fingerprint density at radius 3 is 2.38 bits per heavy atom. The molecule has 1 N–H and O–H groups in total. The van der Waals surface area contributed by atoms with Gasteiger partial charge < -0.3 is 0 Å². The molecule has 3 nitrogen and oxygen atoms in total. The highest BCUT2D eigenvalue weighted by Crippen LogP contribution is 2.12. The lowest BCUT2D eigenvalue weighted by Crippen LogP contribution is -2.06. The van der Waals surface area contributed by atoms with Gasteiger partial charge in [0.1, 0.15) is 5.15 Å². The third-order valence-electron chi connectivity index (χ3n) is 2.86. The van der Waals surface area contributed by atoms with E-state index in [1.807, 2.05) is 0 Å². The van der Waals surface area contributed by atoms with Gasteiger partial charge >= 0.3 is 0 Å². The number of H-pyrrole nitrogens is 1. The lowest BCUT2D eigenvalue weighted by molar-refractivity contribution is 0.525. The average Bonchev–Trinajstić information content (AvgIpc) is 2.51. The monoisotopic (exact) mass is 244 g/mol. The molecule has 0 bridgehead atoms. The van der Waals surface area contributed by atoms with Crippen LogP contribution >= 0.6 is 11.6 Å². The van der Waals surface area contributed by atoms with E-state index in [0.717, 1.165) is 13.0 Å². The van der Waals surface area contributed by atoms with E-state index in [1.54, 1.807) is 11.6 Å². The predicted octanol–water partition coefficient (Wildman–Crippen LogP) is 3.50. The zero-order valence-corrected chi connectivity index (χ0v) is 10.9. The number of halogens is 1. The number of nitrogens with one attached hydrogen (secondary N) is 1. The molecule has 0 aliphatic heterocycles. The molecule has 1 heterocycles. The Balaban J connectivity index is 2.27. The second-order valence-electron chi connectivity index (χ2n) is 4.28. The maximum Gasteiger partial charge on any atom is 0.268 e. The van der Waals surface area contributed by atoms with Crippen LogP contribution in [0.5, 0.6) is 0 Å². The normalized spacial score (nSPS) is 10.9. The van der Waals surface area contributed by atoms with Gasteiger partial charge in [-0.15, -0.1) is 0 Å². The van der Waals surface area contributed by atoms with Gasteiger partial charge in [-0.3, -0.25) is 14.6 Å². The Labute approximate surface area is 102 Å². The first-order chi connectivity index (χ1) is 7.66. The van der Waals surface area contributed by atoms with Gasteiger partial charge in [0.25, 0.3) is 5.56 Å². The van der Waals surface area contributed by atoms with Crippen molar-refractivity contribution in [3.63, 3.8) is 0 Å². The van der Waals surface area contributed by atoms with Crippen molar-refractivity contribution in [2.45, 2.75) is 58.9 Å². The summed E-state index contributed by atoms with van der Waals surface area (Å²) in [5.41, 5.74) is 0.545. The molecule has 0 aliphatic rings. The summed E-state index contributed by atoms with van der Waals surface area (Å²) in [6.45, 7) is 4.78. The van der Waals surface area contributed by atoms with Crippen LogP contribution in [-0.2, 0) is 6.54 Å². The summed E-state index contributed by atoms with van der Waals surface area (Å²) in [5, 5.41) is 3.30. The van der Waals surface area contributed by atoms with Gasteiger partial charge in [0.15, 0.2) is 0 Å². The lowest BCUT2D eigenvalue weighted by Gasteiger charge is -2.04. The van der Waals surface area contributed by atoms with E-state index in [0.29, 0.717) is 10.7 Å². The Morgan fingerprint density at radius 1 is 1.19 bits per heavy atom. The van der Waals surface area contributed by atoms with Crippen molar-refractivity contribution in [2.24, 2.45) is 0 Å². The molecule has 0 unspecified atom stereocenters. The first-order valence-corrected chi connectivity index (χ1v) is 6.49. The summed E-state index contributed by atoms with van der Waals surface area (Å²) < 4.78 is 1.75. The van der Waals surface area contributed by atoms with Gasteiger partial charge in [-0.1, -0.05) is 50.6 Å². The Kier molecular flexibility index (Phi) is 5.67. The number of aromatic amines is 1. The molecule has 0 amide bonds. The van der Waals surface area contributed by atoms with Crippen LogP contribution in [0.2, 0.25) is 5.15 Å². The molecule has 92 valence electrons. The van der Waals surface area contributed by atoms with E-state index in [9.17, 15) is 4.79 Å². The fourth-order valence-electron chi connectivity index (χ4n) is 1.76. The first kappa shape index (κ1) is 13.4. The van der Waals surface area contributed by atoms with Crippen LogP contribution in [0.15, 0.2) is 4.79 Å². The highest BCUT2D eigenvalue weighted by Gasteiger charge is 2.07. The van der Waals surface area contributed by atoms with E-state index >= 15 is 0 Å². The molecular formula is C12H21ClN2O. The molecular weight excluding hydrogens is 224 g/mol. The maximum atomic E-state index is 11.3. The average molecular weight is 245 g/mol. The van der Waals surface area contributed by atoms with Crippen molar-refractivity contribution in [2.75, 3.05) is 0 Å². The van der Waals surface area contributed by atoms with Crippen molar-refractivity contribution in [3.05, 3.63) is 21.1 Å². The lowest BCUT2D eigenvalue weighted by atomic mass is 10.1. The van der Waals surface area contributed by atoms with Crippen LogP contribution < -0.4 is 5.56 Å². The van der Waals surface area contributed by atoms with E-state index in [4.69, 9.17) is 11.6 Å². The van der Waals surface area contributed by atoms with E-state index < -0.39 is 0 Å². The summed E-state index contributed by atoms with van der Waals surface area (Å²) in [6.07, 6.45) is 7.46. The molecule has 0 aliphatic carbocycles. The fraction of sp³-hybridized carbons (Fsp3) is 0.750. The number of aryl methyl sites for hydroxylation is 1. The van der Waals surface area contributed by atoms with Crippen molar-refractivity contribution in [3.8, 4) is 0 Å². The third-order valence-corrected chi connectivity index (χ3v) is 3.35. The second kappa shape index (κ2) is 6.79. The standard InChI is InChI=1S/C12H21ClN2O/c1-3-4-5-6-7-8-9-15-11(13)10(2)12(16)14-15/h3-9H2,1-2H3,(H,14,16). The van der Waals surface area contributed by atoms with Crippen LogP contribution in [0.3, 0.4) is 0 Å². The highest BCUT2D eigenvalue weighted by molar-refractivity contribution is 6.30. The summed E-state index contributed by atoms with van der Waals surface area (Å²) >= 11 is 6.01. The molecule has 0 atom stereocenters. The van der Waals surface area contributed by atoms with Gasteiger partial charge in [0.2, 0.25) is 0 Å². The Hall–Kier alpha value is -0.700. The number of hydrogen-bond acceptors (Lipinski definition) is 1. The van der Waals surface area contributed by atoms with E-state index in [-0.39, 0.29) is 5.56 Å². The number of hydrogen-bond donors (Lipinski definition) is 1. The van der Waals surface area contributed by atoms with Crippen molar-refractivity contribution >= 4 is 11.6 Å². The SMILES string of the molecule is CCCCCCCCn1[nH]c(=O)c(C)c1Cl. The summed E-state index contributed by atoms with van der Waals surface area (Å²) in [4.78, 5) is 11.3. The summed E-state index contributed by atoms with van der Waals surface area (Å²) in [5.74, 6) is 0. The van der Waals surface area contributed by atoms with Crippen LogP contribution in [0.4, 0.5) is 0 Å². The molecule has 16 heavy (non-hydrogen) atoms. The molecule has 1 rings (SSSR count). The van der Waals surface area contributed by atoms with Gasteiger partial charge in [0, 0.05) is 6.54 Å². The summed E-state index contributed by atoms with van der Waals surface area (Å²) in [6, 6.07) is 0. The van der Waals surface area contributed by atoms with E-state index in [1.165, 1.54) is 32.1 Å². The van der Waals surface area contributed by atoms with Gasteiger partial charge in [-0.2, -0.15) is 0 Å². The molecule has 0 radical (unpaired) electrons. The number of unbranched alkanes of at least 4 members (excludes halogenated alkanes) is 5. The molecule has 0 spiro atoms. The minimum Gasteiger partial charge on any atom is -0.274 e. The fourth-order valence-corrected chi connectivity index (χ4v) is 1.97. The Morgan fingerprint density at radius 2 is 1.81 bits per heavy atom. The second-order valence-corrected chi connectivity index (χ2v) is 4.63. The zero-order valence-electron chi connectivity index (χ0n) is 10.2. The number of nitrogens with zero attached hydrogens (tertiary/aromatic N) is 1. The van der Waals surface area contributed by atoms with Crippen LogP contribution in [-0.4, -0.2) is 9.78 Å². The van der Waals surface area contributed by atoms with Crippen LogP contribution in [0.1, 0.15) is 51.0 Å². The zero-order chi connectivity index (χ0) is 12.0. The smallest absolute Gasteiger partial charge is 0.268 e. The molecule has 0 fully saturated rings. The number of aromatic nitrogens is 2. The van der Waals surface area contributed by atoms with Crippen LogP contribution in [0.25, 0.3) is 0 Å². The topological polar surface area (TPSA) is 37.8 Å². The highest BCUT2D eigenvalue weighted by atomic mass is 35.5. The molecule has 0 saturated carbocycles. The van der Waals surface area contributed by atoms with Crippen molar-refractivity contribution in [1.29, 1.82) is 0 Å². The largest absolute Gasteiger partial charge is 0.274 e. The molecule has 1 aromatic rings. The van der Waals surface area contributed by atoms with E-state index in [2.05, 4.69) is 12.0 Å². The maximum absolute atomic E-state index is 11.3. The Bertz CT molecular complexity index is 368.